The zero-order valence-electron chi connectivity index (χ0n) is 12.9. The van der Waals surface area contributed by atoms with Gasteiger partial charge >= 0.3 is 5.97 Å². The van der Waals surface area contributed by atoms with Crippen molar-refractivity contribution < 1.29 is 14.3 Å². The largest absolute Gasteiger partial charge is 0.497 e. The van der Waals surface area contributed by atoms with Gasteiger partial charge in [0.25, 0.3) is 0 Å². The van der Waals surface area contributed by atoms with Crippen molar-refractivity contribution in [3.63, 3.8) is 0 Å². The van der Waals surface area contributed by atoms with Crippen molar-refractivity contribution in [2.24, 2.45) is 0 Å². The first-order valence-corrected chi connectivity index (χ1v) is 7.34. The van der Waals surface area contributed by atoms with E-state index < -0.39 is 0 Å². The third-order valence-corrected chi connectivity index (χ3v) is 3.29. The highest BCUT2D eigenvalue weighted by Crippen LogP contribution is 2.25. The maximum Gasteiger partial charge on any atom is 0.308 e. The van der Waals surface area contributed by atoms with Gasteiger partial charge in [0.1, 0.15) is 5.75 Å². The SMILES string of the molecule is CCOC(=O)CC(Nc1cccc(OC)c1)c1ccccc1. The van der Waals surface area contributed by atoms with Gasteiger partial charge in [0, 0.05) is 11.8 Å². The molecule has 4 heteroatoms. The summed E-state index contributed by atoms with van der Waals surface area (Å²) in [5, 5.41) is 3.38. The van der Waals surface area contributed by atoms with Crippen LogP contribution >= 0.6 is 0 Å². The highest BCUT2D eigenvalue weighted by Gasteiger charge is 2.16. The molecular weight excluding hydrogens is 278 g/mol. The molecule has 2 aromatic carbocycles. The van der Waals surface area contributed by atoms with E-state index in [-0.39, 0.29) is 18.4 Å². The van der Waals surface area contributed by atoms with E-state index in [1.165, 1.54) is 0 Å². The molecule has 0 radical (unpaired) electrons. The summed E-state index contributed by atoms with van der Waals surface area (Å²) in [6, 6.07) is 17.4. The molecule has 2 aromatic rings. The van der Waals surface area contributed by atoms with E-state index in [1.807, 2.05) is 61.5 Å². The van der Waals surface area contributed by atoms with Gasteiger partial charge in [0.2, 0.25) is 0 Å². The molecule has 4 nitrogen and oxygen atoms in total. The number of hydrogen-bond acceptors (Lipinski definition) is 4. The van der Waals surface area contributed by atoms with Crippen LogP contribution in [0, 0.1) is 0 Å². The van der Waals surface area contributed by atoms with Crippen LogP contribution in [0.15, 0.2) is 54.6 Å². The molecule has 0 heterocycles. The molecule has 0 fully saturated rings. The Morgan fingerprint density at radius 1 is 1.14 bits per heavy atom. The summed E-state index contributed by atoms with van der Waals surface area (Å²) in [5.41, 5.74) is 1.94. The topological polar surface area (TPSA) is 47.6 Å². The molecule has 0 saturated carbocycles. The number of ether oxygens (including phenoxy) is 2. The summed E-state index contributed by atoms with van der Waals surface area (Å²) in [7, 11) is 1.63. The Bertz CT molecular complexity index is 598. The highest BCUT2D eigenvalue weighted by atomic mass is 16.5. The maximum atomic E-state index is 11.9. The number of anilines is 1. The van der Waals surface area contributed by atoms with Gasteiger partial charge in [-0.25, -0.2) is 0 Å². The van der Waals surface area contributed by atoms with Crippen LogP contribution in [0.4, 0.5) is 5.69 Å². The fourth-order valence-corrected chi connectivity index (χ4v) is 2.24. The third-order valence-electron chi connectivity index (χ3n) is 3.29. The molecule has 2 rings (SSSR count). The summed E-state index contributed by atoms with van der Waals surface area (Å²) >= 11 is 0. The lowest BCUT2D eigenvalue weighted by Crippen LogP contribution is -2.17. The Morgan fingerprint density at radius 2 is 1.91 bits per heavy atom. The molecule has 0 bridgehead atoms. The molecule has 0 aromatic heterocycles. The predicted molar refractivity (Wildman–Crippen MR) is 87.0 cm³/mol. The highest BCUT2D eigenvalue weighted by molar-refractivity contribution is 5.71. The second kappa shape index (κ2) is 8.08. The van der Waals surface area contributed by atoms with Gasteiger partial charge in [-0.15, -0.1) is 0 Å². The lowest BCUT2D eigenvalue weighted by Gasteiger charge is -2.20. The van der Waals surface area contributed by atoms with Crippen LogP contribution in [0.1, 0.15) is 24.9 Å². The molecule has 0 amide bonds. The second-order valence-corrected chi connectivity index (χ2v) is 4.85. The van der Waals surface area contributed by atoms with Crippen molar-refractivity contribution in [3.8, 4) is 5.75 Å². The smallest absolute Gasteiger partial charge is 0.308 e. The number of rotatable bonds is 7. The normalized spacial score (nSPS) is 11.5. The van der Waals surface area contributed by atoms with E-state index >= 15 is 0 Å². The first-order chi connectivity index (χ1) is 10.7. The third kappa shape index (κ3) is 4.52. The fourth-order valence-electron chi connectivity index (χ4n) is 2.24. The van der Waals surface area contributed by atoms with E-state index in [2.05, 4.69) is 5.32 Å². The standard InChI is InChI=1S/C18H21NO3/c1-3-22-18(20)13-17(14-8-5-4-6-9-14)19-15-10-7-11-16(12-15)21-2/h4-12,17,19H,3,13H2,1-2H3. The van der Waals surface area contributed by atoms with Gasteiger partial charge in [-0.05, 0) is 24.6 Å². The molecular formula is C18H21NO3. The lowest BCUT2D eigenvalue weighted by molar-refractivity contribution is -0.143. The summed E-state index contributed by atoms with van der Waals surface area (Å²) in [6.07, 6.45) is 0.273. The van der Waals surface area contributed by atoms with Crippen LogP contribution in [0.25, 0.3) is 0 Å². The van der Waals surface area contributed by atoms with E-state index in [0.717, 1.165) is 17.0 Å². The van der Waals surface area contributed by atoms with Gasteiger partial charge in [-0.3, -0.25) is 4.79 Å². The van der Waals surface area contributed by atoms with E-state index in [9.17, 15) is 4.79 Å². The Kier molecular flexibility index (Phi) is 5.83. The van der Waals surface area contributed by atoms with Crippen molar-refractivity contribution in [2.75, 3.05) is 19.0 Å². The Balaban J connectivity index is 2.18. The minimum absolute atomic E-state index is 0.146. The van der Waals surface area contributed by atoms with E-state index in [1.54, 1.807) is 7.11 Å². The molecule has 0 aliphatic rings. The average molecular weight is 299 g/mol. The van der Waals surface area contributed by atoms with Crippen LogP contribution in [0.5, 0.6) is 5.75 Å². The molecule has 0 aliphatic heterocycles. The summed E-state index contributed by atoms with van der Waals surface area (Å²) in [5.74, 6) is 0.555. The molecule has 116 valence electrons. The molecule has 1 N–H and O–H groups in total. The van der Waals surface area contributed by atoms with Crippen molar-refractivity contribution >= 4 is 11.7 Å². The van der Waals surface area contributed by atoms with Gasteiger partial charge < -0.3 is 14.8 Å². The number of nitrogens with one attached hydrogen (secondary N) is 1. The number of hydrogen-bond donors (Lipinski definition) is 1. The molecule has 1 unspecified atom stereocenters. The van der Waals surface area contributed by atoms with Crippen molar-refractivity contribution in [2.45, 2.75) is 19.4 Å². The first-order valence-electron chi connectivity index (χ1n) is 7.34. The summed E-state index contributed by atoms with van der Waals surface area (Å²) < 4.78 is 10.3. The Morgan fingerprint density at radius 3 is 2.59 bits per heavy atom. The lowest BCUT2D eigenvalue weighted by atomic mass is 10.0. The minimum Gasteiger partial charge on any atom is -0.497 e. The number of carbonyl (C=O) groups excluding carboxylic acids is 1. The predicted octanol–water partition coefficient (Wildman–Crippen LogP) is 3.80. The summed E-state index contributed by atoms with van der Waals surface area (Å²) in [6.45, 7) is 2.20. The number of methoxy groups -OCH3 is 1. The number of carbonyl (C=O) groups is 1. The zero-order chi connectivity index (χ0) is 15.8. The molecule has 0 spiro atoms. The fraction of sp³-hybridized carbons (Fsp3) is 0.278. The van der Waals surface area contributed by atoms with Crippen LogP contribution in [-0.4, -0.2) is 19.7 Å². The van der Waals surface area contributed by atoms with E-state index in [4.69, 9.17) is 9.47 Å². The monoisotopic (exact) mass is 299 g/mol. The van der Waals surface area contributed by atoms with Crippen molar-refractivity contribution in [3.05, 3.63) is 60.2 Å². The van der Waals surface area contributed by atoms with Crippen LogP contribution in [0.2, 0.25) is 0 Å². The Hall–Kier alpha value is -2.49. The Labute approximate surface area is 131 Å². The quantitative estimate of drug-likeness (QED) is 0.790. The summed E-state index contributed by atoms with van der Waals surface area (Å²) in [4.78, 5) is 11.9. The zero-order valence-corrected chi connectivity index (χ0v) is 12.9. The molecule has 0 saturated heterocycles. The average Bonchev–Trinajstić information content (AvgIpc) is 2.55. The van der Waals surface area contributed by atoms with Gasteiger partial charge in [0.05, 0.1) is 26.2 Å². The minimum atomic E-state index is -0.216. The number of esters is 1. The molecule has 0 aliphatic carbocycles. The second-order valence-electron chi connectivity index (χ2n) is 4.85. The first kappa shape index (κ1) is 15.9. The van der Waals surface area contributed by atoms with Crippen molar-refractivity contribution in [1.29, 1.82) is 0 Å². The number of benzene rings is 2. The van der Waals surface area contributed by atoms with Gasteiger partial charge in [-0.2, -0.15) is 0 Å². The van der Waals surface area contributed by atoms with Crippen LogP contribution in [-0.2, 0) is 9.53 Å². The molecule has 22 heavy (non-hydrogen) atoms. The van der Waals surface area contributed by atoms with Gasteiger partial charge in [0.15, 0.2) is 0 Å². The maximum absolute atomic E-state index is 11.9. The van der Waals surface area contributed by atoms with Crippen LogP contribution < -0.4 is 10.1 Å². The van der Waals surface area contributed by atoms with Crippen molar-refractivity contribution in [1.82, 2.24) is 0 Å². The van der Waals surface area contributed by atoms with Crippen LogP contribution in [0.3, 0.4) is 0 Å². The van der Waals surface area contributed by atoms with Gasteiger partial charge in [-0.1, -0.05) is 36.4 Å². The molecule has 1 atom stereocenters. The van der Waals surface area contributed by atoms with E-state index in [0.29, 0.717) is 6.61 Å².